The molecule has 1 saturated carbocycles. The predicted octanol–water partition coefficient (Wildman–Crippen LogP) is 2.53. The lowest BCUT2D eigenvalue weighted by atomic mass is 10.0. The van der Waals surface area contributed by atoms with Gasteiger partial charge in [-0.3, -0.25) is 9.59 Å². The molecule has 4 rings (SSSR count). The van der Waals surface area contributed by atoms with Gasteiger partial charge >= 0.3 is 12.1 Å². The number of aliphatic carboxylic acids is 1. The van der Waals surface area contributed by atoms with Crippen molar-refractivity contribution in [2.45, 2.75) is 121 Å². The van der Waals surface area contributed by atoms with Gasteiger partial charge in [-0.05, 0) is 58.1 Å². The number of unbranched alkanes of at least 4 members (excludes halogenated alkanes) is 1. The van der Waals surface area contributed by atoms with Crippen molar-refractivity contribution in [3.8, 4) is 0 Å². The molecule has 5 atom stereocenters. The van der Waals surface area contributed by atoms with Gasteiger partial charge in [0.25, 0.3) is 0 Å². The van der Waals surface area contributed by atoms with Crippen LogP contribution in [0.1, 0.15) is 97.3 Å². The summed E-state index contributed by atoms with van der Waals surface area (Å²) in [6, 6.07) is -2.31. The molecule has 3 N–H and O–H groups in total. The number of aromatic nitrogens is 4. The van der Waals surface area contributed by atoms with E-state index in [9.17, 15) is 24.3 Å². The van der Waals surface area contributed by atoms with Gasteiger partial charge in [0.1, 0.15) is 23.2 Å². The summed E-state index contributed by atoms with van der Waals surface area (Å²) in [6.07, 6.45) is 9.69. The molecule has 1 aromatic rings. The summed E-state index contributed by atoms with van der Waals surface area (Å²) in [6.45, 7) is 7.42. The third-order valence-corrected chi connectivity index (χ3v) is 7.88. The largest absolute Gasteiger partial charge is 0.479 e. The molecule has 1 saturated heterocycles. The first-order chi connectivity index (χ1) is 19.4. The minimum Gasteiger partial charge on any atom is -0.479 e. The van der Waals surface area contributed by atoms with E-state index in [0.717, 1.165) is 32.1 Å². The number of rotatable bonds is 6. The van der Waals surface area contributed by atoms with E-state index in [1.807, 2.05) is 12.2 Å². The van der Waals surface area contributed by atoms with Crippen LogP contribution in [0.25, 0.3) is 0 Å². The van der Waals surface area contributed by atoms with Gasteiger partial charge in [-0.1, -0.05) is 38.3 Å². The van der Waals surface area contributed by atoms with E-state index in [1.165, 1.54) is 9.70 Å². The Morgan fingerprint density at radius 2 is 2.02 bits per heavy atom. The fourth-order valence-corrected chi connectivity index (χ4v) is 5.54. The highest BCUT2D eigenvalue weighted by Crippen LogP contribution is 2.45. The summed E-state index contributed by atoms with van der Waals surface area (Å²) in [4.78, 5) is 55.5. The Labute approximate surface area is 240 Å². The van der Waals surface area contributed by atoms with Crippen LogP contribution < -0.4 is 10.6 Å². The summed E-state index contributed by atoms with van der Waals surface area (Å²) < 4.78 is 5.42. The fourth-order valence-electron chi connectivity index (χ4n) is 5.54. The van der Waals surface area contributed by atoms with Gasteiger partial charge in [-0.15, -0.1) is 10.2 Å². The number of fused-ring (bicyclic) bond motifs is 2. The highest BCUT2D eigenvalue weighted by Gasteiger charge is 2.61. The second kappa shape index (κ2) is 12.6. The zero-order valence-corrected chi connectivity index (χ0v) is 24.5. The predicted molar refractivity (Wildman–Crippen MR) is 148 cm³/mol. The number of aryl methyl sites for hydroxylation is 1. The highest BCUT2D eigenvalue weighted by atomic mass is 16.6. The molecule has 0 aromatic carbocycles. The number of hydrogen-bond acceptors (Lipinski definition) is 8. The Morgan fingerprint density at radius 3 is 2.73 bits per heavy atom. The first kappa shape index (κ1) is 30.4. The third kappa shape index (κ3) is 7.42. The van der Waals surface area contributed by atoms with Crippen LogP contribution >= 0.6 is 0 Å². The van der Waals surface area contributed by atoms with E-state index < -0.39 is 53.1 Å². The van der Waals surface area contributed by atoms with Crippen molar-refractivity contribution in [3.05, 3.63) is 18.0 Å². The van der Waals surface area contributed by atoms with E-state index in [1.54, 1.807) is 20.8 Å². The average molecular weight is 574 g/mol. The van der Waals surface area contributed by atoms with E-state index in [0.29, 0.717) is 31.5 Å². The fraction of sp³-hybridized carbons (Fsp3) is 0.750. The normalized spacial score (nSPS) is 29.8. The summed E-state index contributed by atoms with van der Waals surface area (Å²) in [5, 5.41) is 28.3. The van der Waals surface area contributed by atoms with Crippen molar-refractivity contribution in [1.82, 2.24) is 35.7 Å². The van der Waals surface area contributed by atoms with Crippen LogP contribution in [0.15, 0.2) is 12.2 Å². The molecule has 4 unspecified atom stereocenters. The lowest BCUT2D eigenvalue weighted by Crippen LogP contribution is -2.56. The lowest BCUT2D eigenvalue weighted by Gasteiger charge is -2.30. The van der Waals surface area contributed by atoms with Gasteiger partial charge in [-0.2, -0.15) is 4.80 Å². The first-order valence-corrected chi connectivity index (χ1v) is 14.7. The maximum absolute atomic E-state index is 14.0. The molecule has 3 aliphatic rings. The maximum atomic E-state index is 14.0. The molecule has 13 nitrogen and oxygen atoms in total. The maximum Gasteiger partial charge on any atom is 0.408 e. The van der Waals surface area contributed by atoms with Gasteiger partial charge in [-0.25, -0.2) is 9.59 Å². The summed E-state index contributed by atoms with van der Waals surface area (Å²) in [5.74, 6) is -1.78. The van der Waals surface area contributed by atoms with Crippen molar-refractivity contribution in [3.63, 3.8) is 0 Å². The van der Waals surface area contributed by atoms with Gasteiger partial charge < -0.3 is 25.4 Å². The number of ether oxygens (including phenoxy) is 1. The van der Waals surface area contributed by atoms with Gasteiger partial charge in [0.15, 0.2) is 5.82 Å². The number of hydrogen-bond donors (Lipinski definition) is 3. The molecule has 2 fully saturated rings. The smallest absolute Gasteiger partial charge is 0.408 e. The minimum atomic E-state index is -1.40. The molecule has 1 aliphatic carbocycles. The van der Waals surface area contributed by atoms with Crippen LogP contribution in [0.5, 0.6) is 0 Å². The number of allylic oxidation sites excluding steroid dienone is 1. The van der Waals surface area contributed by atoms with E-state index in [4.69, 9.17) is 4.74 Å². The highest BCUT2D eigenvalue weighted by molar-refractivity contribution is 5.96. The number of carboxylic acid groups (broad SMARTS) is 1. The standard InChI is InChI=1S/C28H43N7O6/c1-5-6-14-22-31-33-35(32-22)19-15-21-23(36)30-28(25(38)39)16-18(28)12-10-8-7-9-11-13-20(24(37)34(21)17-19)29-26(40)41-27(2,3)4/h10,12,18-21H,5-9,11,13-17H2,1-4H3,(H,29,40)(H,30,36)(H,38,39)/b12-10-/t18?,19-,20?,21?,28?/m1/s1. The Bertz CT molecular complexity index is 1160. The number of amides is 3. The molecule has 0 spiro atoms. The molecule has 1 aromatic heterocycles. The van der Waals surface area contributed by atoms with Crippen LogP contribution in [0, 0.1) is 5.92 Å². The van der Waals surface area contributed by atoms with Gasteiger partial charge in [0.05, 0.1) is 6.04 Å². The zero-order valence-electron chi connectivity index (χ0n) is 24.5. The monoisotopic (exact) mass is 573 g/mol. The number of carbonyl (C=O) groups is 4. The van der Waals surface area contributed by atoms with Crippen molar-refractivity contribution >= 4 is 23.9 Å². The molecule has 0 radical (unpaired) electrons. The summed E-state index contributed by atoms with van der Waals surface area (Å²) in [7, 11) is 0. The second-order valence-corrected chi connectivity index (χ2v) is 12.4. The molecule has 3 heterocycles. The van der Waals surface area contributed by atoms with E-state index >= 15 is 0 Å². The number of carboxylic acids is 1. The SMILES string of the molecule is CCCCc1nnn([C@@H]2CC3C(=O)NC4(C(=O)O)CC4/C=C\CCCCCC(NC(=O)OC(C)(C)C)C(=O)N3C2)n1. The van der Waals surface area contributed by atoms with Crippen molar-refractivity contribution in [2.75, 3.05) is 6.54 Å². The molecule has 2 aliphatic heterocycles. The number of alkyl carbamates (subject to hydrolysis) is 1. The number of carbonyl (C=O) groups excluding carboxylic acids is 3. The summed E-state index contributed by atoms with van der Waals surface area (Å²) >= 11 is 0. The molecular weight excluding hydrogens is 530 g/mol. The Balaban J connectivity index is 1.62. The minimum absolute atomic E-state index is 0.121. The van der Waals surface area contributed by atoms with Crippen molar-refractivity contribution < 1.29 is 29.0 Å². The zero-order chi connectivity index (χ0) is 29.8. The molecule has 226 valence electrons. The summed E-state index contributed by atoms with van der Waals surface area (Å²) in [5.41, 5.74) is -2.14. The first-order valence-electron chi connectivity index (χ1n) is 14.7. The Kier molecular flexibility index (Phi) is 9.33. The van der Waals surface area contributed by atoms with Crippen LogP contribution in [-0.4, -0.2) is 83.9 Å². The van der Waals surface area contributed by atoms with Crippen LogP contribution in [-0.2, 0) is 25.5 Å². The number of nitrogens with one attached hydrogen (secondary N) is 2. The molecule has 3 amide bonds. The number of nitrogens with zero attached hydrogens (tertiary/aromatic N) is 5. The van der Waals surface area contributed by atoms with Crippen molar-refractivity contribution in [1.29, 1.82) is 0 Å². The van der Waals surface area contributed by atoms with Gasteiger partial charge in [0.2, 0.25) is 11.8 Å². The van der Waals surface area contributed by atoms with Crippen LogP contribution in [0.4, 0.5) is 4.79 Å². The molecule has 0 bridgehead atoms. The van der Waals surface area contributed by atoms with Gasteiger partial charge in [0, 0.05) is 25.3 Å². The van der Waals surface area contributed by atoms with Crippen LogP contribution in [0.2, 0.25) is 0 Å². The second-order valence-electron chi connectivity index (χ2n) is 12.4. The Morgan fingerprint density at radius 1 is 1.24 bits per heavy atom. The number of tetrazole rings is 1. The third-order valence-electron chi connectivity index (χ3n) is 7.88. The molecule has 41 heavy (non-hydrogen) atoms. The molecule has 13 heteroatoms. The van der Waals surface area contributed by atoms with E-state index in [-0.39, 0.29) is 18.9 Å². The van der Waals surface area contributed by atoms with Crippen molar-refractivity contribution in [2.24, 2.45) is 5.92 Å². The molecular formula is C28H43N7O6. The Hall–Kier alpha value is -3.51. The van der Waals surface area contributed by atoms with E-state index in [2.05, 4.69) is 33.0 Å². The van der Waals surface area contributed by atoms with Crippen LogP contribution in [0.3, 0.4) is 0 Å². The quantitative estimate of drug-likeness (QED) is 0.433. The lowest BCUT2D eigenvalue weighted by molar-refractivity contribution is -0.145. The topological polar surface area (TPSA) is 169 Å². The average Bonchev–Trinajstić information content (AvgIpc) is 3.22.